The molecule has 0 aromatic heterocycles. The Morgan fingerprint density at radius 1 is 0.615 bits per heavy atom. The normalized spacial score (nSPS) is 14.3. The number of quaternary nitrogens is 1. The number of hydrogen-bond acceptors (Lipinski definition) is 6. The van der Waals surface area contributed by atoms with Crippen LogP contribution in [0.1, 0.15) is 162 Å². The monoisotopic (exact) mass is 755 g/mol. The second-order valence-electron chi connectivity index (χ2n) is 15.0. The van der Waals surface area contributed by atoms with Gasteiger partial charge in [0.1, 0.15) is 19.3 Å². The van der Waals surface area contributed by atoms with Gasteiger partial charge in [-0.15, -0.1) is 0 Å². The van der Waals surface area contributed by atoms with Crippen LogP contribution in [0.2, 0.25) is 0 Å². The minimum atomic E-state index is -4.27. The van der Waals surface area contributed by atoms with Crippen LogP contribution in [0.4, 0.5) is 0 Å². The van der Waals surface area contributed by atoms with E-state index < -0.39 is 13.9 Å². The van der Waals surface area contributed by atoms with Crippen molar-refractivity contribution >= 4 is 13.8 Å². The zero-order chi connectivity index (χ0) is 38.4. The molecule has 0 rings (SSSR count). The molecule has 0 heterocycles. The average molecular weight is 755 g/mol. The van der Waals surface area contributed by atoms with E-state index in [9.17, 15) is 14.3 Å². The number of ether oxygens (including phenoxy) is 2. The van der Waals surface area contributed by atoms with Gasteiger partial charge in [-0.2, -0.15) is 0 Å². The van der Waals surface area contributed by atoms with Gasteiger partial charge in [0.25, 0.3) is 0 Å². The molecule has 0 fully saturated rings. The van der Waals surface area contributed by atoms with E-state index in [4.69, 9.17) is 18.5 Å². The molecule has 2 atom stereocenters. The number of carbonyl (C=O) groups excluding carboxylic acids is 1. The molecule has 0 spiro atoms. The van der Waals surface area contributed by atoms with Crippen molar-refractivity contribution in [2.45, 2.75) is 168 Å². The largest absolute Gasteiger partial charge is 0.472 e. The summed E-state index contributed by atoms with van der Waals surface area (Å²) in [6.07, 6.45) is 43.0. The molecule has 0 aliphatic rings. The lowest BCUT2D eigenvalue weighted by Crippen LogP contribution is -2.37. The summed E-state index contributed by atoms with van der Waals surface area (Å²) in [7, 11) is 1.66. The Kier molecular flexibility index (Phi) is 35.4. The molecule has 0 aromatic rings. The summed E-state index contributed by atoms with van der Waals surface area (Å²) >= 11 is 0. The highest BCUT2D eigenvalue weighted by molar-refractivity contribution is 7.47. The van der Waals surface area contributed by atoms with Gasteiger partial charge < -0.3 is 18.9 Å². The molecule has 0 amide bonds. The number of unbranched alkanes of at least 4 members (excludes halogenated alkanes) is 16. The van der Waals surface area contributed by atoms with Crippen molar-refractivity contribution in [1.29, 1.82) is 0 Å². The summed E-state index contributed by atoms with van der Waals surface area (Å²) < 4.78 is 34.8. The Balaban J connectivity index is 4.12. The second kappa shape index (κ2) is 36.4. The number of nitrogens with zero attached hydrogens (tertiary/aromatic N) is 1. The number of rotatable bonds is 38. The molecule has 0 aromatic carbocycles. The maximum atomic E-state index is 12.6. The third kappa shape index (κ3) is 39.7. The van der Waals surface area contributed by atoms with Crippen LogP contribution in [0.3, 0.4) is 0 Å². The van der Waals surface area contributed by atoms with Crippen molar-refractivity contribution < 1.29 is 37.3 Å². The molecule has 2 unspecified atom stereocenters. The van der Waals surface area contributed by atoms with Crippen LogP contribution in [-0.4, -0.2) is 75.6 Å². The summed E-state index contributed by atoms with van der Waals surface area (Å²) in [5.41, 5.74) is 0. The third-order valence-corrected chi connectivity index (χ3v) is 9.64. The van der Waals surface area contributed by atoms with Crippen molar-refractivity contribution in [1.82, 2.24) is 0 Å². The maximum absolute atomic E-state index is 12.6. The minimum Gasteiger partial charge on any atom is -0.457 e. The second-order valence-corrected chi connectivity index (χ2v) is 16.4. The molecule has 0 aliphatic carbocycles. The van der Waals surface area contributed by atoms with Crippen LogP contribution in [-0.2, 0) is 27.9 Å². The van der Waals surface area contributed by atoms with Gasteiger partial charge in [0.2, 0.25) is 0 Å². The van der Waals surface area contributed by atoms with Crippen molar-refractivity contribution in [3.63, 3.8) is 0 Å². The van der Waals surface area contributed by atoms with Crippen molar-refractivity contribution in [2.24, 2.45) is 0 Å². The summed E-state index contributed by atoms with van der Waals surface area (Å²) in [5.74, 6) is -0.323. The number of hydrogen-bond donors (Lipinski definition) is 1. The predicted molar refractivity (Wildman–Crippen MR) is 219 cm³/mol. The number of phosphoric acid groups is 1. The van der Waals surface area contributed by atoms with E-state index in [2.05, 4.69) is 62.5 Å². The number of allylic oxidation sites excluding steroid dienone is 8. The van der Waals surface area contributed by atoms with Gasteiger partial charge in [-0.3, -0.25) is 13.8 Å². The Morgan fingerprint density at radius 2 is 1.12 bits per heavy atom. The summed E-state index contributed by atoms with van der Waals surface area (Å²) in [6.45, 7) is 5.46. The zero-order valence-corrected chi connectivity index (χ0v) is 35.2. The molecule has 9 heteroatoms. The fourth-order valence-electron chi connectivity index (χ4n) is 5.42. The first kappa shape index (κ1) is 50.5. The van der Waals surface area contributed by atoms with Crippen molar-refractivity contribution in [3.8, 4) is 0 Å². The lowest BCUT2D eigenvalue weighted by molar-refractivity contribution is -0.870. The van der Waals surface area contributed by atoms with Crippen LogP contribution < -0.4 is 0 Å². The first-order chi connectivity index (χ1) is 25.1. The van der Waals surface area contributed by atoms with E-state index in [1.807, 2.05) is 21.1 Å². The Labute approximate surface area is 320 Å². The van der Waals surface area contributed by atoms with Gasteiger partial charge in [0.05, 0.1) is 34.4 Å². The molecule has 1 N–H and O–H groups in total. The van der Waals surface area contributed by atoms with Gasteiger partial charge in [0, 0.05) is 13.0 Å². The highest BCUT2D eigenvalue weighted by atomic mass is 31.2. The minimum absolute atomic E-state index is 0.0867. The highest BCUT2D eigenvalue weighted by Gasteiger charge is 2.26. The van der Waals surface area contributed by atoms with Crippen LogP contribution in [0.25, 0.3) is 0 Å². The molecule has 304 valence electrons. The molecule has 8 nitrogen and oxygen atoms in total. The number of carbonyl (C=O) groups is 1. The van der Waals surface area contributed by atoms with Crippen molar-refractivity contribution in [3.05, 3.63) is 48.6 Å². The first-order valence-electron chi connectivity index (χ1n) is 20.9. The molecule has 0 aliphatic heterocycles. The van der Waals surface area contributed by atoms with Crippen molar-refractivity contribution in [2.75, 3.05) is 54.1 Å². The van der Waals surface area contributed by atoms with Gasteiger partial charge in [0.15, 0.2) is 0 Å². The molecular formula is C43H81NO7P+. The molecule has 0 saturated heterocycles. The van der Waals surface area contributed by atoms with Crippen LogP contribution in [0.5, 0.6) is 0 Å². The molecular weight excluding hydrogens is 673 g/mol. The molecule has 0 radical (unpaired) electrons. The standard InChI is InChI=1S/C43H80NO7P/c1-6-8-10-12-14-16-17-18-19-20-21-22-23-24-25-26-27-28-29-31-33-35-38-48-40-42(41-50-52(46,47)49-39-37-44(3,4)5)51-43(45)36-34-32-30-15-13-11-9-7-2/h8,10,14,16,18-19,21-22,42H,6-7,9,11-13,15,17,20,23-41H2,1-5H3/p+1/b10-8-,16-14-,19-18-,22-21-. The number of likely N-dealkylation sites (N-methyl/N-ethyl adjacent to an activating group) is 1. The molecule has 52 heavy (non-hydrogen) atoms. The fraction of sp³-hybridized carbons (Fsp3) is 0.791. The Morgan fingerprint density at radius 3 is 1.67 bits per heavy atom. The predicted octanol–water partition coefficient (Wildman–Crippen LogP) is 12.0. The van der Waals surface area contributed by atoms with Gasteiger partial charge in [-0.05, 0) is 51.4 Å². The average Bonchev–Trinajstić information content (AvgIpc) is 3.09. The first-order valence-corrected chi connectivity index (χ1v) is 22.4. The van der Waals surface area contributed by atoms with E-state index in [1.54, 1.807) is 0 Å². The SMILES string of the molecule is CC/C=C\C/C=C\C/C=C\C/C=C\CCCCCCCCCCCOCC(COP(=O)(O)OCC[N+](C)(C)C)OC(=O)CCCCCCCCCC. The maximum Gasteiger partial charge on any atom is 0.472 e. The van der Waals surface area contributed by atoms with E-state index >= 15 is 0 Å². The lowest BCUT2D eigenvalue weighted by atomic mass is 10.1. The molecule has 0 bridgehead atoms. The van der Waals surface area contributed by atoms with E-state index in [0.717, 1.165) is 57.8 Å². The van der Waals surface area contributed by atoms with Gasteiger partial charge in [-0.1, -0.05) is 152 Å². The summed E-state index contributed by atoms with van der Waals surface area (Å²) in [6, 6.07) is 0. The zero-order valence-electron chi connectivity index (χ0n) is 34.3. The third-order valence-electron chi connectivity index (χ3n) is 8.65. The molecule has 0 saturated carbocycles. The topological polar surface area (TPSA) is 91.3 Å². The van der Waals surface area contributed by atoms with Crippen LogP contribution in [0.15, 0.2) is 48.6 Å². The van der Waals surface area contributed by atoms with E-state index in [1.165, 1.54) is 83.5 Å². The van der Waals surface area contributed by atoms with Crippen LogP contribution >= 0.6 is 7.82 Å². The number of esters is 1. The summed E-state index contributed by atoms with van der Waals surface area (Å²) in [4.78, 5) is 22.7. The fourth-order valence-corrected chi connectivity index (χ4v) is 6.17. The Bertz CT molecular complexity index is 973. The number of phosphoric ester groups is 1. The van der Waals surface area contributed by atoms with E-state index in [0.29, 0.717) is 24.1 Å². The smallest absolute Gasteiger partial charge is 0.457 e. The lowest BCUT2D eigenvalue weighted by Gasteiger charge is -2.24. The Hall–Kier alpha value is -1.54. The quantitative estimate of drug-likeness (QED) is 0.0221. The van der Waals surface area contributed by atoms with Crippen LogP contribution in [0, 0.1) is 0 Å². The summed E-state index contributed by atoms with van der Waals surface area (Å²) in [5, 5.41) is 0. The van der Waals surface area contributed by atoms with Gasteiger partial charge >= 0.3 is 13.8 Å². The van der Waals surface area contributed by atoms with E-state index in [-0.39, 0.29) is 25.8 Å². The van der Waals surface area contributed by atoms with Gasteiger partial charge in [-0.25, -0.2) is 4.57 Å². The highest BCUT2D eigenvalue weighted by Crippen LogP contribution is 2.43.